The molecule has 0 aliphatic carbocycles. The molecule has 0 saturated carbocycles. The Morgan fingerprint density at radius 2 is 1.77 bits per heavy atom. The first-order valence-corrected chi connectivity index (χ1v) is 11.8. The lowest BCUT2D eigenvalue weighted by Gasteiger charge is -2.33. The molecule has 0 saturated heterocycles. The monoisotopic (exact) mass is 496 g/mol. The Morgan fingerprint density at radius 1 is 1.06 bits per heavy atom. The van der Waals surface area contributed by atoms with Crippen molar-refractivity contribution in [1.82, 2.24) is 5.43 Å². The van der Waals surface area contributed by atoms with Gasteiger partial charge in [-0.3, -0.25) is 4.79 Å². The van der Waals surface area contributed by atoms with E-state index in [-0.39, 0.29) is 23.3 Å². The van der Waals surface area contributed by atoms with E-state index < -0.39 is 0 Å². The van der Waals surface area contributed by atoms with Gasteiger partial charge in [-0.25, -0.2) is 5.43 Å². The van der Waals surface area contributed by atoms with Crippen LogP contribution in [0.3, 0.4) is 0 Å². The standard InChI is InChI=1S/C28H33ClN2O4/c1-27(2,3)18-28(4,5)20-8-10-21(11-9-20)34-17-26(32)31-30-16-22-12-14-24(35-22)19-7-13-25(33-6)23(29)15-19/h7-16H,17-18H2,1-6H3,(H,31,32)/b30-16+. The molecular weight excluding hydrogens is 464 g/mol. The first kappa shape index (κ1) is 26.4. The summed E-state index contributed by atoms with van der Waals surface area (Å²) >= 11 is 6.18. The number of hydrogen-bond donors (Lipinski definition) is 1. The molecule has 1 N–H and O–H groups in total. The number of furan rings is 1. The van der Waals surface area contributed by atoms with E-state index in [1.54, 1.807) is 31.4 Å². The van der Waals surface area contributed by atoms with Crippen molar-refractivity contribution in [2.45, 2.75) is 46.5 Å². The Morgan fingerprint density at radius 3 is 2.40 bits per heavy atom. The summed E-state index contributed by atoms with van der Waals surface area (Å²) in [6.07, 6.45) is 2.49. The van der Waals surface area contributed by atoms with Gasteiger partial charge in [0.1, 0.15) is 23.0 Å². The molecule has 0 radical (unpaired) electrons. The molecule has 1 heterocycles. The fourth-order valence-electron chi connectivity index (χ4n) is 4.18. The lowest BCUT2D eigenvalue weighted by molar-refractivity contribution is -0.123. The van der Waals surface area contributed by atoms with E-state index in [2.05, 4.69) is 57.3 Å². The number of methoxy groups -OCH3 is 1. The van der Waals surface area contributed by atoms with Gasteiger partial charge in [-0.05, 0) is 65.3 Å². The van der Waals surface area contributed by atoms with Crippen molar-refractivity contribution >= 4 is 23.7 Å². The van der Waals surface area contributed by atoms with Gasteiger partial charge >= 0.3 is 0 Å². The minimum absolute atomic E-state index is 0.0498. The van der Waals surface area contributed by atoms with E-state index >= 15 is 0 Å². The maximum Gasteiger partial charge on any atom is 0.277 e. The minimum Gasteiger partial charge on any atom is -0.495 e. The number of hydrazone groups is 1. The van der Waals surface area contributed by atoms with Crippen LogP contribution in [0.15, 0.2) is 64.1 Å². The maximum absolute atomic E-state index is 12.1. The van der Waals surface area contributed by atoms with E-state index in [0.717, 1.165) is 12.0 Å². The summed E-state index contributed by atoms with van der Waals surface area (Å²) in [5, 5.41) is 4.43. The molecule has 2 aromatic carbocycles. The molecule has 0 fully saturated rings. The van der Waals surface area contributed by atoms with Crippen LogP contribution in [0.1, 0.15) is 52.4 Å². The van der Waals surface area contributed by atoms with Gasteiger partial charge in [-0.2, -0.15) is 5.10 Å². The zero-order valence-corrected chi connectivity index (χ0v) is 21.9. The van der Waals surface area contributed by atoms with Crippen molar-refractivity contribution in [1.29, 1.82) is 0 Å². The molecule has 1 amide bonds. The van der Waals surface area contributed by atoms with Crippen LogP contribution < -0.4 is 14.9 Å². The Labute approximate surface area is 212 Å². The van der Waals surface area contributed by atoms with Gasteiger partial charge in [0, 0.05) is 5.56 Å². The predicted molar refractivity (Wildman–Crippen MR) is 140 cm³/mol. The van der Waals surface area contributed by atoms with Crippen LogP contribution in [0.5, 0.6) is 11.5 Å². The fourth-order valence-corrected chi connectivity index (χ4v) is 4.43. The molecule has 6 nitrogen and oxygen atoms in total. The molecule has 0 aliphatic rings. The number of rotatable bonds is 9. The number of carbonyl (C=O) groups excluding carboxylic acids is 1. The Hall–Kier alpha value is -3.25. The Kier molecular flexibility index (Phi) is 8.28. The molecule has 0 spiro atoms. The zero-order valence-electron chi connectivity index (χ0n) is 21.1. The zero-order chi connectivity index (χ0) is 25.6. The van der Waals surface area contributed by atoms with Gasteiger partial charge in [-0.15, -0.1) is 0 Å². The quantitative estimate of drug-likeness (QED) is 0.259. The number of hydrogen-bond acceptors (Lipinski definition) is 5. The van der Waals surface area contributed by atoms with Crippen LogP contribution in [0.25, 0.3) is 11.3 Å². The lowest BCUT2D eigenvalue weighted by atomic mass is 9.72. The average Bonchev–Trinajstić information content (AvgIpc) is 3.25. The van der Waals surface area contributed by atoms with Crippen LogP contribution in [0.2, 0.25) is 5.02 Å². The van der Waals surface area contributed by atoms with E-state index in [4.69, 9.17) is 25.5 Å². The van der Waals surface area contributed by atoms with E-state index in [0.29, 0.717) is 28.0 Å². The lowest BCUT2D eigenvalue weighted by Crippen LogP contribution is -2.25. The van der Waals surface area contributed by atoms with Gasteiger partial charge in [0.25, 0.3) is 5.91 Å². The number of benzene rings is 2. The van der Waals surface area contributed by atoms with Gasteiger partial charge in [-0.1, -0.05) is 58.4 Å². The number of carbonyl (C=O) groups is 1. The third-order valence-corrected chi connectivity index (χ3v) is 5.72. The molecule has 186 valence electrons. The molecule has 0 atom stereocenters. The summed E-state index contributed by atoms with van der Waals surface area (Å²) in [6, 6.07) is 16.8. The van der Waals surface area contributed by atoms with Gasteiger partial charge in [0.2, 0.25) is 0 Å². The van der Waals surface area contributed by atoms with Crippen molar-refractivity contribution in [2.24, 2.45) is 10.5 Å². The van der Waals surface area contributed by atoms with Crippen LogP contribution in [-0.2, 0) is 10.2 Å². The highest BCUT2D eigenvalue weighted by Gasteiger charge is 2.27. The average molecular weight is 497 g/mol. The molecule has 0 bridgehead atoms. The third kappa shape index (κ3) is 7.62. The topological polar surface area (TPSA) is 73.1 Å². The third-order valence-electron chi connectivity index (χ3n) is 5.42. The normalized spacial score (nSPS) is 12.1. The molecular formula is C28H33ClN2O4. The molecule has 1 aromatic heterocycles. The van der Waals surface area contributed by atoms with E-state index in [1.165, 1.54) is 11.8 Å². The summed E-state index contributed by atoms with van der Waals surface area (Å²) in [4.78, 5) is 12.1. The van der Waals surface area contributed by atoms with Crippen LogP contribution >= 0.6 is 11.6 Å². The molecule has 3 rings (SSSR count). The highest BCUT2D eigenvalue weighted by molar-refractivity contribution is 6.32. The van der Waals surface area contributed by atoms with Crippen LogP contribution in [0, 0.1) is 5.41 Å². The van der Waals surface area contributed by atoms with Crippen LogP contribution in [0.4, 0.5) is 0 Å². The summed E-state index contributed by atoms with van der Waals surface area (Å²) in [7, 11) is 1.56. The maximum atomic E-state index is 12.1. The molecule has 0 unspecified atom stereocenters. The van der Waals surface area contributed by atoms with Crippen molar-refractivity contribution < 1.29 is 18.7 Å². The Balaban J connectivity index is 1.49. The van der Waals surface area contributed by atoms with Gasteiger partial charge in [0.15, 0.2) is 6.61 Å². The number of halogens is 1. The second-order valence-electron chi connectivity index (χ2n) is 10.3. The number of ether oxygens (including phenoxy) is 2. The number of amides is 1. The first-order valence-electron chi connectivity index (χ1n) is 11.5. The minimum atomic E-state index is -0.368. The second-order valence-corrected chi connectivity index (χ2v) is 10.7. The highest BCUT2D eigenvalue weighted by atomic mass is 35.5. The van der Waals surface area contributed by atoms with Gasteiger partial charge in [0.05, 0.1) is 18.3 Å². The number of nitrogens with one attached hydrogen (secondary N) is 1. The predicted octanol–water partition coefficient (Wildman–Crippen LogP) is 6.85. The van der Waals surface area contributed by atoms with Crippen LogP contribution in [-0.4, -0.2) is 25.8 Å². The smallest absolute Gasteiger partial charge is 0.277 e. The van der Waals surface area contributed by atoms with Crippen molar-refractivity contribution in [2.75, 3.05) is 13.7 Å². The summed E-state index contributed by atoms with van der Waals surface area (Å²) in [5.74, 6) is 1.97. The first-order chi connectivity index (χ1) is 16.5. The second kappa shape index (κ2) is 11.0. The van der Waals surface area contributed by atoms with Crippen molar-refractivity contribution in [3.63, 3.8) is 0 Å². The molecule has 35 heavy (non-hydrogen) atoms. The SMILES string of the molecule is COc1ccc(-c2ccc(/C=N/NC(=O)COc3ccc(C(C)(C)CC(C)(C)C)cc3)o2)cc1Cl. The molecule has 3 aromatic rings. The van der Waals surface area contributed by atoms with E-state index in [9.17, 15) is 4.79 Å². The summed E-state index contributed by atoms with van der Waals surface area (Å²) in [5.41, 5.74) is 4.77. The Bertz CT molecular complexity index is 1170. The van der Waals surface area contributed by atoms with Gasteiger partial charge < -0.3 is 13.9 Å². The molecule has 7 heteroatoms. The van der Waals surface area contributed by atoms with Crippen molar-refractivity contribution in [3.05, 3.63) is 70.9 Å². The van der Waals surface area contributed by atoms with E-state index in [1.807, 2.05) is 18.2 Å². The number of nitrogens with zero attached hydrogens (tertiary/aromatic N) is 1. The van der Waals surface area contributed by atoms with Crippen molar-refractivity contribution in [3.8, 4) is 22.8 Å². The largest absolute Gasteiger partial charge is 0.495 e. The summed E-state index contributed by atoms with van der Waals surface area (Å²) < 4.78 is 16.5. The fraction of sp³-hybridized carbons (Fsp3) is 0.357. The molecule has 0 aliphatic heterocycles. The highest BCUT2D eigenvalue weighted by Crippen LogP contribution is 2.36. The summed E-state index contributed by atoms with van der Waals surface area (Å²) in [6.45, 7) is 11.1.